The minimum atomic E-state index is -3.46. The van der Waals surface area contributed by atoms with Crippen LogP contribution in [0.25, 0.3) is 0 Å². The van der Waals surface area contributed by atoms with E-state index in [4.69, 9.17) is 5.73 Å². The van der Waals surface area contributed by atoms with Crippen LogP contribution >= 0.6 is 0 Å². The third-order valence-electron chi connectivity index (χ3n) is 4.55. The average Bonchev–Trinajstić information content (AvgIpc) is 2.54. The number of hydrogen-bond acceptors (Lipinski definition) is 3. The first kappa shape index (κ1) is 17.9. The smallest absolute Gasteiger partial charge is 0.272 e. The fourth-order valence-electron chi connectivity index (χ4n) is 2.82. The van der Waals surface area contributed by atoms with Crippen molar-refractivity contribution in [3.63, 3.8) is 0 Å². The summed E-state index contributed by atoms with van der Waals surface area (Å²) < 4.78 is 26.9. The monoisotopic (exact) mass is 340 g/mol. The standard InChI is InChI=1S/C16H25N3O3S/c1-3-13(2)14-4-6-15(7-5-14)23(21,22)19-10-8-18(9-11-19)12-16(17)20/h4-7,13H,3,8-12H2,1-2H3,(H2,17,20)/p+1/t13-/m1/s1. The molecule has 6 nitrogen and oxygen atoms in total. The average molecular weight is 340 g/mol. The highest BCUT2D eigenvalue weighted by Gasteiger charge is 2.30. The minimum absolute atomic E-state index is 0.261. The maximum Gasteiger partial charge on any atom is 0.272 e. The number of nitrogens with zero attached hydrogens (tertiary/aromatic N) is 1. The maximum atomic E-state index is 12.7. The van der Waals surface area contributed by atoms with Gasteiger partial charge in [-0.2, -0.15) is 4.31 Å². The van der Waals surface area contributed by atoms with Crippen molar-refractivity contribution >= 4 is 15.9 Å². The summed E-state index contributed by atoms with van der Waals surface area (Å²) in [5.41, 5.74) is 6.35. The van der Waals surface area contributed by atoms with Crippen molar-refractivity contribution in [2.45, 2.75) is 31.1 Å². The van der Waals surface area contributed by atoms with Crippen LogP contribution in [0.2, 0.25) is 0 Å². The number of benzene rings is 1. The molecule has 1 fully saturated rings. The van der Waals surface area contributed by atoms with Gasteiger partial charge in [-0.1, -0.05) is 26.0 Å². The molecule has 0 spiro atoms. The lowest BCUT2D eigenvalue weighted by Crippen LogP contribution is -3.15. The highest BCUT2D eigenvalue weighted by atomic mass is 32.2. The van der Waals surface area contributed by atoms with E-state index in [9.17, 15) is 13.2 Å². The van der Waals surface area contributed by atoms with Crippen LogP contribution in [-0.2, 0) is 14.8 Å². The van der Waals surface area contributed by atoms with Gasteiger partial charge < -0.3 is 10.6 Å². The number of hydrogen-bond donors (Lipinski definition) is 2. The van der Waals surface area contributed by atoms with Crippen molar-refractivity contribution in [3.8, 4) is 0 Å². The number of carbonyl (C=O) groups excluding carboxylic acids is 1. The molecular weight excluding hydrogens is 314 g/mol. The van der Waals surface area contributed by atoms with Crippen LogP contribution in [0, 0.1) is 0 Å². The number of quaternary nitrogens is 1. The number of rotatable bonds is 6. The third kappa shape index (κ3) is 4.31. The summed E-state index contributed by atoms with van der Waals surface area (Å²) >= 11 is 0. The molecule has 1 aromatic carbocycles. The Kier molecular flexibility index (Phi) is 5.78. The first-order valence-electron chi connectivity index (χ1n) is 8.06. The molecule has 1 heterocycles. The van der Waals surface area contributed by atoms with Gasteiger partial charge in [0, 0.05) is 0 Å². The van der Waals surface area contributed by atoms with Gasteiger partial charge in [-0.05, 0) is 30.0 Å². The van der Waals surface area contributed by atoms with Gasteiger partial charge in [0.15, 0.2) is 6.54 Å². The highest BCUT2D eigenvalue weighted by molar-refractivity contribution is 7.89. The summed E-state index contributed by atoms with van der Waals surface area (Å²) in [6.07, 6.45) is 1.02. The zero-order chi connectivity index (χ0) is 17.0. The lowest BCUT2D eigenvalue weighted by Gasteiger charge is -2.30. The number of primary amides is 1. The number of amides is 1. The van der Waals surface area contributed by atoms with E-state index in [1.165, 1.54) is 4.31 Å². The maximum absolute atomic E-state index is 12.7. The molecule has 1 aromatic rings. The van der Waals surface area contributed by atoms with Crippen LogP contribution < -0.4 is 10.6 Å². The normalized spacial score (nSPS) is 18.7. The lowest BCUT2D eigenvalue weighted by molar-refractivity contribution is -0.895. The van der Waals surface area contributed by atoms with Gasteiger partial charge in [0.1, 0.15) is 0 Å². The Labute approximate surface area is 138 Å². The molecule has 3 N–H and O–H groups in total. The highest BCUT2D eigenvalue weighted by Crippen LogP contribution is 2.22. The van der Waals surface area contributed by atoms with E-state index in [1.807, 2.05) is 12.1 Å². The van der Waals surface area contributed by atoms with Crippen LogP contribution in [0.4, 0.5) is 0 Å². The number of nitrogens with two attached hydrogens (primary N) is 1. The summed E-state index contributed by atoms with van der Waals surface area (Å²) in [7, 11) is -3.46. The second kappa shape index (κ2) is 7.42. The largest absolute Gasteiger partial charge is 0.365 e. The van der Waals surface area contributed by atoms with Gasteiger partial charge in [0.05, 0.1) is 31.1 Å². The molecule has 0 saturated carbocycles. The SMILES string of the molecule is CC[C@@H](C)c1ccc(S(=O)(=O)N2CC[NH+](CC(N)=O)CC2)cc1. The molecule has 2 rings (SSSR count). The molecule has 1 aliphatic heterocycles. The number of piperazine rings is 1. The molecule has 7 heteroatoms. The molecule has 0 aliphatic carbocycles. The van der Waals surface area contributed by atoms with Crippen molar-refractivity contribution in [3.05, 3.63) is 29.8 Å². The zero-order valence-corrected chi connectivity index (χ0v) is 14.6. The molecule has 0 radical (unpaired) electrons. The summed E-state index contributed by atoms with van der Waals surface area (Å²) in [5.74, 6) is 0.0737. The van der Waals surface area contributed by atoms with Crippen molar-refractivity contribution in [2.75, 3.05) is 32.7 Å². The van der Waals surface area contributed by atoms with Gasteiger partial charge in [-0.25, -0.2) is 8.42 Å². The molecule has 128 valence electrons. The van der Waals surface area contributed by atoms with Crippen LogP contribution in [-0.4, -0.2) is 51.4 Å². The van der Waals surface area contributed by atoms with Crippen LogP contribution in [0.1, 0.15) is 31.7 Å². The first-order valence-corrected chi connectivity index (χ1v) is 9.50. The van der Waals surface area contributed by atoms with Crippen molar-refractivity contribution in [2.24, 2.45) is 5.73 Å². The fourth-order valence-corrected chi connectivity index (χ4v) is 4.26. The molecular formula is C16H26N3O3S+. The molecule has 0 bridgehead atoms. The Hall–Kier alpha value is -1.44. The van der Waals surface area contributed by atoms with E-state index in [2.05, 4.69) is 13.8 Å². The van der Waals surface area contributed by atoms with E-state index in [1.54, 1.807) is 12.1 Å². The molecule has 1 aliphatic rings. The van der Waals surface area contributed by atoms with Crippen molar-refractivity contribution in [1.82, 2.24) is 4.31 Å². The van der Waals surface area contributed by atoms with Crippen LogP contribution in [0.15, 0.2) is 29.2 Å². The Morgan fingerprint density at radius 3 is 2.30 bits per heavy atom. The number of nitrogens with one attached hydrogen (secondary N) is 1. The fraction of sp³-hybridized carbons (Fsp3) is 0.562. The van der Waals surface area contributed by atoms with Gasteiger partial charge in [0.2, 0.25) is 10.0 Å². The van der Waals surface area contributed by atoms with Gasteiger partial charge in [-0.3, -0.25) is 4.79 Å². The van der Waals surface area contributed by atoms with E-state index in [0.29, 0.717) is 37.0 Å². The third-order valence-corrected chi connectivity index (χ3v) is 6.47. The minimum Gasteiger partial charge on any atom is -0.365 e. The topological polar surface area (TPSA) is 84.9 Å². The Balaban J connectivity index is 2.06. The molecule has 0 unspecified atom stereocenters. The van der Waals surface area contributed by atoms with E-state index < -0.39 is 10.0 Å². The molecule has 1 atom stereocenters. The van der Waals surface area contributed by atoms with E-state index in [0.717, 1.165) is 16.9 Å². The quantitative estimate of drug-likeness (QED) is 0.737. The summed E-state index contributed by atoms with van der Waals surface area (Å²) in [4.78, 5) is 12.3. The molecule has 23 heavy (non-hydrogen) atoms. The van der Waals surface area contributed by atoms with Crippen LogP contribution in [0.5, 0.6) is 0 Å². The molecule has 0 aromatic heterocycles. The summed E-state index contributed by atoms with van der Waals surface area (Å²) in [6, 6.07) is 7.18. The predicted molar refractivity (Wildman–Crippen MR) is 88.7 cm³/mol. The summed E-state index contributed by atoms with van der Waals surface area (Å²) in [5, 5.41) is 0. The Bertz CT molecular complexity index is 635. The van der Waals surface area contributed by atoms with Crippen molar-refractivity contribution in [1.29, 1.82) is 0 Å². The lowest BCUT2D eigenvalue weighted by atomic mass is 9.99. The first-order chi connectivity index (χ1) is 10.8. The zero-order valence-electron chi connectivity index (χ0n) is 13.8. The van der Waals surface area contributed by atoms with Gasteiger partial charge >= 0.3 is 0 Å². The Morgan fingerprint density at radius 2 is 1.83 bits per heavy atom. The van der Waals surface area contributed by atoms with E-state index in [-0.39, 0.29) is 12.5 Å². The number of carbonyl (C=O) groups is 1. The van der Waals surface area contributed by atoms with Crippen LogP contribution in [0.3, 0.4) is 0 Å². The molecule has 1 amide bonds. The number of sulfonamides is 1. The second-order valence-corrected chi connectivity index (χ2v) is 8.11. The molecule has 1 saturated heterocycles. The van der Waals surface area contributed by atoms with Gasteiger partial charge in [0.25, 0.3) is 5.91 Å². The van der Waals surface area contributed by atoms with E-state index >= 15 is 0 Å². The van der Waals surface area contributed by atoms with Gasteiger partial charge in [-0.15, -0.1) is 0 Å². The Morgan fingerprint density at radius 1 is 1.26 bits per heavy atom. The van der Waals surface area contributed by atoms with Crippen molar-refractivity contribution < 1.29 is 18.1 Å². The predicted octanol–water partition coefficient (Wildman–Crippen LogP) is -0.425. The second-order valence-electron chi connectivity index (χ2n) is 6.18. The summed E-state index contributed by atoms with van der Waals surface area (Å²) in [6.45, 7) is 6.54.